The molecule has 0 radical (unpaired) electrons. The lowest BCUT2D eigenvalue weighted by molar-refractivity contribution is -0.138. The molecule has 0 saturated carbocycles. The van der Waals surface area contributed by atoms with Crippen molar-refractivity contribution in [2.45, 2.75) is 26.1 Å². The number of rotatable bonds is 2. The molecule has 18 heavy (non-hydrogen) atoms. The molecule has 0 bridgehead atoms. The van der Waals surface area contributed by atoms with Crippen LogP contribution in [0.4, 0.5) is 13.2 Å². The SMILES string of the molecule is C[C@@H]1CCN(Cc2cc(Cl)ccc2C(F)(F)F)C1. The van der Waals surface area contributed by atoms with Crippen molar-refractivity contribution in [2.24, 2.45) is 5.92 Å². The Bertz CT molecular complexity index is 431. The molecule has 2 rings (SSSR count). The van der Waals surface area contributed by atoms with E-state index in [2.05, 4.69) is 6.92 Å². The Morgan fingerprint density at radius 3 is 2.67 bits per heavy atom. The topological polar surface area (TPSA) is 3.24 Å². The maximum absolute atomic E-state index is 12.9. The second-order valence-corrected chi connectivity index (χ2v) is 5.36. The summed E-state index contributed by atoms with van der Waals surface area (Å²) < 4.78 is 38.6. The van der Waals surface area contributed by atoms with E-state index < -0.39 is 11.7 Å². The maximum Gasteiger partial charge on any atom is 0.416 e. The van der Waals surface area contributed by atoms with Gasteiger partial charge in [-0.05, 0) is 42.6 Å². The predicted molar refractivity (Wildman–Crippen MR) is 65.5 cm³/mol. The molecular formula is C13H15ClF3N. The molecule has 1 aromatic carbocycles. The van der Waals surface area contributed by atoms with Gasteiger partial charge in [0.2, 0.25) is 0 Å². The molecule has 0 aliphatic carbocycles. The van der Waals surface area contributed by atoms with E-state index in [1.54, 1.807) is 0 Å². The highest BCUT2D eigenvalue weighted by molar-refractivity contribution is 6.30. The Kier molecular flexibility index (Phi) is 3.87. The number of hydrogen-bond acceptors (Lipinski definition) is 1. The molecule has 0 unspecified atom stereocenters. The Labute approximate surface area is 110 Å². The van der Waals surface area contributed by atoms with E-state index in [-0.39, 0.29) is 5.56 Å². The molecular weight excluding hydrogens is 263 g/mol. The molecule has 1 heterocycles. The van der Waals surface area contributed by atoms with Crippen LogP contribution < -0.4 is 0 Å². The third-order valence-corrected chi connectivity index (χ3v) is 3.51. The van der Waals surface area contributed by atoms with Gasteiger partial charge in [0, 0.05) is 18.1 Å². The van der Waals surface area contributed by atoms with Crippen molar-refractivity contribution in [1.29, 1.82) is 0 Å². The number of hydrogen-bond donors (Lipinski definition) is 0. The van der Waals surface area contributed by atoms with Gasteiger partial charge in [0.15, 0.2) is 0 Å². The van der Waals surface area contributed by atoms with Crippen molar-refractivity contribution in [3.05, 3.63) is 34.3 Å². The van der Waals surface area contributed by atoms with Gasteiger partial charge in [-0.3, -0.25) is 4.90 Å². The number of alkyl halides is 3. The van der Waals surface area contributed by atoms with Crippen LogP contribution >= 0.6 is 11.6 Å². The zero-order chi connectivity index (χ0) is 13.3. The fraction of sp³-hybridized carbons (Fsp3) is 0.538. The van der Waals surface area contributed by atoms with E-state index in [0.717, 1.165) is 25.6 Å². The fourth-order valence-corrected chi connectivity index (χ4v) is 2.58. The minimum Gasteiger partial charge on any atom is -0.299 e. The number of halogens is 4. The molecule has 1 aromatic rings. The molecule has 1 saturated heterocycles. The Morgan fingerprint density at radius 1 is 1.39 bits per heavy atom. The zero-order valence-corrected chi connectivity index (χ0v) is 10.9. The largest absolute Gasteiger partial charge is 0.416 e. The molecule has 0 amide bonds. The van der Waals surface area contributed by atoms with E-state index in [1.165, 1.54) is 12.1 Å². The molecule has 5 heteroatoms. The minimum atomic E-state index is -4.31. The van der Waals surface area contributed by atoms with Gasteiger partial charge in [0.1, 0.15) is 0 Å². The lowest BCUT2D eigenvalue weighted by Gasteiger charge is -2.19. The van der Waals surface area contributed by atoms with Crippen molar-refractivity contribution in [1.82, 2.24) is 4.90 Å². The van der Waals surface area contributed by atoms with Gasteiger partial charge >= 0.3 is 6.18 Å². The molecule has 1 nitrogen and oxygen atoms in total. The van der Waals surface area contributed by atoms with Crippen molar-refractivity contribution in [2.75, 3.05) is 13.1 Å². The summed E-state index contributed by atoms with van der Waals surface area (Å²) in [5.41, 5.74) is -0.310. The van der Waals surface area contributed by atoms with Crippen LogP contribution in [0.3, 0.4) is 0 Å². The van der Waals surface area contributed by atoms with Crippen LogP contribution in [0, 0.1) is 5.92 Å². The first-order chi connectivity index (χ1) is 8.36. The summed E-state index contributed by atoms with van der Waals surface area (Å²) in [6.45, 7) is 4.14. The monoisotopic (exact) mass is 277 g/mol. The summed E-state index contributed by atoms with van der Waals surface area (Å²) in [5, 5.41) is 0.352. The Hall–Kier alpha value is -0.740. The fourth-order valence-electron chi connectivity index (χ4n) is 2.38. The van der Waals surface area contributed by atoms with Crippen LogP contribution in [0.5, 0.6) is 0 Å². The quantitative estimate of drug-likeness (QED) is 0.783. The van der Waals surface area contributed by atoms with Crippen LogP contribution in [-0.4, -0.2) is 18.0 Å². The van der Waals surface area contributed by atoms with Gasteiger partial charge in [-0.25, -0.2) is 0 Å². The summed E-state index contributed by atoms with van der Waals surface area (Å²) in [6, 6.07) is 3.78. The van der Waals surface area contributed by atoms with Crippen molar-refractivity contribution >= 4 is 11.6 Å². The van der Waals surface area contributed by atoms with Crippen LogP contribution in [0.2, 0.25) is 5.02 Å². The highest BCUT2D eigenvalue weighted by Gasteiger charge is 2.34. The summed E-state index contributed by atoms with van der Waals surface area (Å²) in [5.74, 6) is 0.554. The molecule has 1 fully saturated rings. The summed E-state index contributed by atoms with van der Waals surface area (Å²) in [4.78, 5) is 2.05. The molecule has 0 N–H and O–H groups in total. The third kappa shape index (κ3) is 3.18. The predicted octanol–water partition coefficient (Wildman–Crippen LogP) is 4.20. The summed E-state index contributed by atoms with van der Waals surface area (Å²) >= 11 is 5.80. The number of benzene rings is 1. The normalized spacial score (nSPS) is 21.5. The molecule has 0 aromatic heterocycles. The van der Waals surface area contributed by atoms with Crippen LogP contribution in [0.1, 0.15) is 24.5 Å². The van der Waals surface area contributed by atoms with Gasteiger partial charge in [0.05, 0.1) is 5.56 Å². The van der Waals surface area contributed by atoms with E-state index in [4.69, 9.17) is 11.6 Å². The van der Waals surface area contributed by atoms with Crippen LogP contribution in [0.15, 0.2) is 18.2 Å². The first-order valence-corrected chi connectivity index (χ1v) is 6.32. The smallest absolute Gasteiger partial charge is 0.299 e. The summed E-state index contributed by atoms with van der Waals surface area (Å²) in [7, 11) is 0. The first-order valence-electron chi connectivity index (χ1n) is 5.94. The first kappa shape index (κ1) is 13.7. The average molecular weight is 278 g/mol. The standard InChI is InChI=1S/C13H15ClF3N/c1-9-4-5-18(7-9)8-10-6-11(14)2-3-12(10)13(15,16)17/h2-3,6,9H,4-5,7-8H2,1H3/t9-/m1/s1. The minimum absolute atomic E-state index is 0.268. The maximum atomic E-state index is 12.9. The van der Waals surface area contributed by atoms with Gasteiger partial charge < -0.3 is 0 Å². The Balaban J connectivity index is 2.23. The number of likely N-dealkylation sites (tertiary alicyclic amines) is 1. The second-order valence-electron chi connectivity index (χ2n) is 4.93. The average Bonchev–Trinajstić information content (AvgIpc) is 2.62. The van der Waals surface area contributed by atoms with Crippen LogP contribution in [0.25, 0.3) is 0 Å². The zero-order valence-electron chi connectivity index (χ0n) is 10.1. The molecule has 1 aliphatic heterocycles. The van der Waals surface area contributed by atoms with E-state index >= 15 is 0 Å². The molecule has 1 aliphatic rings. The van der Waals surface area contributed by atoms with Crippen molar-refractivity contribution < 1.29 is 13.2 Å². The molecule has 1 atom stereocenters. The highest BCUT2D eigenvalue weighted by atomic mass is 35.5. The van der Waals surface area contributed by atoms with Gasteiger partial charge in [-0.15, -0.1) is 0 Å². The molecule has 100 valence electrons. The Morgan fingerprint density at radius 2 is 2.11 bits per heavy atom. The van der Waals surface area contributed by atoms with Crippen molar-refractivity contribution in [3.63, 3.8) is 0 Å². The highest BCUT2D eigenvalue weighted by Crippen LogP contribution is 2.34. The summed E-state index contributed by atoms with van der Waals surface area (Å²) in [6.07, 6.45) is -3.27. The van der Waals surface area contributed by atoms with E-state index in [0.29, 0.717) is 17.5 Å². The van der Waals surface area contributed by atoms with Gasteiger partial charge in [0.25, 0.3) is 0 Å². The van der Waals surface area contributed by atoms with E-state index in [1.807, 2.05) is 4.90 Å². The van der Waals surface area contributed by atoms with Gasteiger partial charge in [-0.2, -0.15) is 13.2 Å². The molecule has 0 spiro atoms. The lowest BCUT2D eigenvalue weighted by atomic mass is 10.1. The van der Waals surface area contributed by atoms with Crippen LogP contribution in [-0.2, 0) is 12.7 Å². The van der Waals surface area contributed by atoms with Gasteiger partial charge in [-0.1, -0.05) is 18.5 Å². The lowest BCUT2D eigenvalue weighted by Crippen LogP contribution is -2.22. The van der Waals surface area contributed by atoms with Crippen molar-refractivity contribution in [3.8, 4) is 0 Å². The number of nitrogens with zero attached hydrogens (tertiary/aromatic N) is 1. The van der Waals surface area contributed by atoms with E-state index in [9.17, 15) is 13.2 Å². The third-order valence-electron chi connectivity index (χ3n) is 3.27. The second kappa shape index (κ2) is 5.10.